The third-order valence-electron chi connectivity index (χ3n) is 2.20. The van der Waals surface area contributed by atoms with Gasteiger partial charge in [0.15, 0.2) is 0 Å². The van der Waals surface area contributed by atoms with Gasteiger partial charge in [0.1, 0.15) is 11.6 Å². The first-order valence-corrected chi connectivity index (χ1v) is 6.23. The van der Waals surface area contributed by atoms with Gasteiger partial charge in [0.05, 0.1) is 11.9 Å². The van der Waals surface area contributed by atoms with E-state index in [1.54, 1.807) is 18.3 Å². The van der Waals surface area contributed by atoms with Crippen molar-refractivity contribution < 1.29 is 4.39 Å². The Morgan fingerprint density at radius 1 is 1.44 bits per heavy atom. The first-order chi connectivity index (χ1) is 7.70. The van der Waals surface area contributed by atoms with Gasteiger partial charge in [0, 0.05) is 16.5 Å². The maximum Gasteiger partial charge on any atom is 0.132 e. The largest absolute Gasteiger partial charge is 0.342 e. The number of aryl methyl sites for hydroxylation is 1. The first-order valence-electron chi connectivity index (χ1n) is 4.81. The lowest BCUT2D eigenvalue weighted by atomic mass is 10.1. The molecule has 0 radical (unpaired) electrons. The summed E-state index contributed by atoms with van der Waals surface area (Å²) in [6, 6.07) is 4.83. The number of halogens is 2. The average Bonchev–Trinajstić information content (AvgIpc) is 2.71. The monoisotopic (exact) mass is 300 g/mol. The van der Waals surface area contributed by atoms with E-state index in [9.17, 15) is 4.39 Å². The molecule has 0 spiro atoms. The maximum absolute atomic E-state index is 13.6. The van der Waals surface area contributed by atoms with E-state index in [1.165, 1.54) is 6.07 Å². The number of benzene rings is 1. The molecule has 0 saturated carbocycles. The van der Waals surface area contributed by atoms with Crippen LogP contribution < -0.4 is 0 Å². The van der Waals surface area contributed by atoms with E-state index in [-0.39, 0.29) is 5.82 Å². The molecular weight excluding hydrogens is 291 g/mol. The van der Waals surface area contributed by atoms with Crippen LogP contribution in [-0.4, -0.2) is 15.7 Å². The van der Waals surface area contributed by atoms with Gasteiger partial charge in [-0.3, -0.25) is 0 Å². The molecule has 0 amide bonds. The summed E-state index contributed by atoms with van der Waals surface area (Å²) in [7, 11) is 0. The van der Waals surface area contributed by atoms with Crippen molar-refractivity contribution in [2.45, 2.75) is 6.42 Å². The zero-order valence-corrected chi connectivity index (χ0v) is 10.9. The van der Waals surface area contributed by atoms with Gasteiger partial charge in [-0.25, -0.2) is 9.37 Å². The number of hydrogen-bond acceptors (Lipinski definition) is 2. The third-order valence-corrected chi connectivity index (χ3v) is 2.91. The fourth-order valence-corrected chi connectivity index (χ4v) is 2.01. The van der Waals surface area contributed by atoms with E-state index in [4.69, 9.17) is 0 Å². The number of hydrogen-bond donors (Lipinski definition) is 2. The Balaban J connectivity index is 2.38. The molecule has 16 heavy (non-hydrogen) atoms. The van der Waals surface area contributed by atoms with Crippen LogP contribution in [0, 0.1) is 5.82 Å². The molecule has 2 aromatic rings. The lowest BCUT2D eigenvalue weighted by Crippen LogP contribution is -1.89. The SMILES string of the molecule is Fc1ccc(Br)cc1-c1cnc(CCS)[nH]1. The molecule has 1 aromatic heterocycles. The number of nitrogens with one attached hydrogen (secondary N) is 1. The summed E-state index contributed by atoms with van der Waals surface area (Å²) in [5, 5.41) is 0. The van der Waals surface area contributed by atoms with Crippen LogP contribution in [0.3, 0.4) is 0 Å². The molecule has 0 saturated heterocycles. The van der Waals surface area contributed by atoms with E-state index in [1.807, 2.05) is 0 Å². The van der Waals surface area contributed by atoms with Crippen LogP contribution in [-0.2, 0) is 6.42 Å². The maximum atomic E-state index is 13.6. The van der Waals surface area contributed by atoms with Crippen molar-refractivity contribution in [1.29, 1.82) is 0 Å². The summed E-state index contributed by atoms with van der Waals surface area (Å²) in [4.78, 5) is 7.24. The molecular formula is C11H10BrFN2S. The van der Waals surface area contributed by atoms with Crippen LogP contribution in [0.5, 0.6) is 0 Å². The lowest BCUT2D eigenvalue weighted by Gasteiger charge is -2.00. The third kappa shape index (κ3) is 2.47. The molecule has 0 bridgehead atoms. The molecule has 1 N–H and O–H groups in total. The van der Waals surface area contributed by atoms with Crippen molar-refractivity contribution in [2.24, 2.45) is 0 Å². The fourth-order valence-electron chi connectivity index (χ4n) is 1.44. The van der Waals surface area contributed by atoms with Crippen molar-refractivity contribution in [3.05, 3.63) is 40.5 Å². The Morgan fingerprint density at radius 2 is 2.25 bits per heavy atom. The van der Waals surface area contributed by atoms with Crippen molar-refractivity contribution in [3.63, 3.8) is 0 Å². The molecule has 0 fully saturated rings. The Kier molecular flexibility index (Phi) is 3.66. The lowest BCUT2D eigenvalue weighted by molar-refractivity contribution is 0.630. The van der Waals surface area contributed by atoms with Gasteiger partial charge >= 0.3 is 0 Å². The van der Waals surface area contributed by atoms with Crippen molar-refractivity contribution in [3.8, 4) is 11.3 Å². The average molecular weight is 301 g/mol. The normalized spacial score (nSPS) is 10.7. The number of nitrogens with zero attached hydrogens (tertiary/aromatic N) is 1. The molecule has 1 aromatic carbocycles. The molecule has 2 rings (SSSR count). The van der Waals surface area contributed by atoms with Gasteiger partial charge in [-0.1, -0.05) is 15.9 Å². The highest BCUT2D eigenvalue weighted by Gasteiger charge is 2.08. The quantitative estimate of drug-likeness (QED) is 0.835. The van der Waals surface area contributed by atoms with Gasteiger partial charge in [-0.15, -0.1) is 0 Å². The summed E-state index contributed by atoms with van der Waals surface area (Å²) in [6.45, 7) is 0. The molecule has 2 nitrogen and oxygen atoms in total. The van der Waals surface area contributed by atoms with Crippen molar-refractivity contribution >= 4 is 28.6 Å². The van der Waals surface area contributed by atoms with Gasteiger partial charge in [-0.2, -0.15) is 12.6 Å². The van der Waals surface area contributed by atoms with Gasteiger partial charge < -0.3 is 4.98 Å². The summed E-state index contributed by atoms with van der Waals surface area (Å²) >= 11 is 7.44. The summed E-state index contributed by atoms with van der Waals surface area (Å²) in [5.41, 5.74) is 1.21. The van der Waals surface area contributed by atoms with E-state index < -0.39 is 0 Å². The molecule has 0 aliphatic carbocycles. The number of rotatable bonds is 3. The highest BCUT2D eigenvalue weighted by molar-refractivity contribution is 9.10. The standard InChI is InChI=1S/C11H10BrFN2S/c12-7-1-2-9(13)8(5-7)10-6-14-11(15-10)3-4-16/h1-2,5-6,16H,3-4H2,(H,14,15). The van der Waals surface area contributed by atoms with E-state index in [2.05, 4.69) is 38.5 Å². The van der Waals surface area contributed by atoms with Crippen LogP contribution in [0.4, 0.5) is 4.39 Å². The number of H-pyrrole nitrogens is 1. The van der Waals surface area contributed by atoms with Crippen molar-refractivity contribution in [1.82, 2.24) is 9.97 Å². The zero-order valence-electron chi connectivity index (χ0n) is 8.37. The Hall–Kier alpha value is -0.810. The molecule has 5 heteroatoms. The zero-order chi connectivity index (χ0) is 11.5. The first kappa shape index (κ1) is 11.7. The van der Waals surface area contributed by atoms with Crippen LogP contribution >= 0.6 is 28.6 Å². The van der Waals surface area contributed by atoms with Gasteiger partial charge in [-0.05, 0) is 24.0 Å². The van der Waals surface area contributed by atoms with Crippen LogP contribution in [0.25, 0.3) is 11.3 Å². The molecule has 0 atom stereocenters. The number of aromatic amines is 1. The van der Waals surface area contributed by atoms with Gasteiger partial charge in [0.25, 0.3) is 0 Å². The molecule has 0 unspecified atom stereocenters. The van der Waals surface area contributed by atoms with E-state index >= 15 is 0 Å². The van der Waals surface area contributed by atoms with Crippen molar-refractivity contribution in [2.75, 3.05) is 5.75 Å². The predicted octanol–water partition coefficient (Wildman–Crippen LogP) is 3.45. The minimum atomic E-state index is -0.260. The Morgan fingerprint density at radius 3 is 3.00 bits per heavy atom. The summed E-state index contributed by atoms with van der Waals surface area (Å²) in [6.07, 6.45) is 2.39. The fraction of sp³-hybridized carbons (Fsp3) is 0.182. The molecule has 0 aliphatic rings. The highest BCUT2D eigenvalue weighted by Crippen LogP contribution is 2.24. The second-order valence-corrected chi connectivity index (χ2v) is 4.70. The Bertz CT molecular complexity index is 498. The smallest absolute Gasteiger partial charge is 0.132 e. The molecule has 1 heterocycles. The topological polar surface area (TPSA) is 28.7 Å². The van der Waals surface area contributed by atoms with E-state index in [0.29, 0.717) is 17.0 Å². The Labute approximate surface area is 107 Å². The van der Waals surface area contributed by atoms with Crippen LogP contribution in [0.2, 0.25) is 0 Å². The minimum Gasteiger partial charge on any atom is -0.342 e. The molecule has 84 valence electrons. The summed E-state index contributed by atoms with van der Waals surface area (Å²) in [5.74, 6) is 1.28. The molecule has 0 aliphatic heterocycles. The predicted molar refractivity (Wildman–Crippen MR) is 69.2 cm³/mol. The van der Waals surface area contributed by atoms with Crippen LogP contribution in [0.15, 0.2) is 28.9 Å². The minimum absolute atomic E-state index is 0.260. The highest BCUT2D eigenvalue weighted by atomic mass is 79.9. The number of aromatic nitrogens is 2. The number of imidazole rings is 1. The number of thiol groups is 1. The second kappa shape index (κ2) is 5.01. The van der Waals surface area contributed by atoms with Gasteiger partial charge in [0.2, 0.25) is 0 Å². The summed E-state index contributed by atoms with van der Waals surface area (Å²) < 4.78 is 14.4. The van der Waals surface area contributed by atoms with Crippen LogP contribution in [0.1, 0.15) is 5.82 Å². The second-order valence-electron chi connectivity index (χ2n) is 3.34. The van der Waals surface area contributed by atoms with E-state index in [0.717, 1.165) is 16.7 Å².